The van der Waals surface area contributed by atoms with Gasteiger partial charge < -0.3 is 4.90 Å². The summed E-state index contributed by atoms with van der Waals surface area (Å²) >= 11 is 4.87. The van der Waals surface area contributed by atoms with Crippen molar-refractivity contribution in [2.24, 2.45) is 10.1 Å². The Morgan fingerprint density at radius 2 is 1.79 bits per heavy atom. The Balaban J connectivity index is 1.47. The van der Waals surface area contributed by atoms with Crippen molar-refractivity contribution in [1.82, 2.24) is 5.01 Å². The summed E-state index contributed by atoms with van der Waals surface area (Å²) in [5, 5.41) is 7.47. The van der Waals surface area contributed by atoms with Crippen LogP contribution in [0, 0.1) is 0 Å². The maximum atomic E-state index is 12.8. The zero-order valence-electron chi connectivity index (χ0n) is 18.9. The first-order valence-electron chi connectivity index (χ1n) is 11.0. The van der Waals surface area contributed by atoms with Crippen molar-refractivity contribution in [3.05, 3.63) is 105 Å². The number of hydrogen-bond donors (Lipinski definition) is 0. The highest BCUT2D eigenvalue weighted by atomic mass is 79.9. The average molecular weight is 531 g/mol. The number of rotatable bonds is 4. The maximum absolute atomic E-state index is 12.8. The molecule has 0 aromatic heterocycles. The van der Waals surface area contributed by atoms with E-state index in [1.807, 2.05) is 67.6 Å². The van der Waals surface area contributed by atoms with Crippen LogP contribution in [0.1, 0.15) is 29.2 Å². The molecule has 170 valence electrons. The number of anilines is 1. The molecule has 1 unspecified atom stereocenters. The van der Waals surface area contributed by atoms with Gasteiger partial charge in [-0.1, -0.05) is 70.5 Å². The van der Waals surface area contributed by atoms with Crippen LogP contribution in [0.4, 0.5) is 5.69 Å². The molecule has 5 rings (SSSR count). The van der Waals surface area contributed by atoms with Crippen LogP contribution >= 0.6 is 27.7 Å². The fraction of sp³-hybridized carbons (Fsp3) is 0.148. The van der Waals surface area contributed by atoms with Gasteiger partial charge in [-0.3, -0.25) is 4.79 Å². The fourth-order valence-electron chi connectivity index (χ4n) is 3.99. The van der Waals surface area contributed by atoms with Gasteiger partial charge in [0.2, 0.25) is 0 Å². The highest BCUT2D eigenvalue weighted by molar-refractivity contribution is 9.10. The third-order valence-electron chi connectivity index (χ3n) is 5.76. The van der Waals surface area contributed by atoms with Crippen LogP contribution in [-0.2, 0) is 4.79 Å². The molecule has 0 saturated carbocycles. The molecule has 0 fully saturated rings. The molecule has 0 saturated heterocycles. The van der Waals surface area contributed by atoms with Gasteiger partial charge in [0.25, 0.3) is 5.91 Å². The van der Waals surface area contributed by atoms with Gasteiger partial charge in [-0.25, -0.2) is 5.01 Å². The molecular formula is C27H23BrN4OS. The van der Waals surface area contributed by atoms with E-state index >= 15 is 0 Å². The van der Waals surface area contributed by atoms with E-state index < -0.39 is 0 Å². The van der Waals surface area contributed by atoms with Crippen molar-refractivity contribution in [3.63, 3.8) is 0 Å². The smallest absolute Gasteiger partial charge is 0.286 e. The highest BCUT2D eigenvalue weighted by Gasteiger charge is 2.36. The number of carbonyl (C=O) groups excluding carboxylic acids is 1. The lowest BCUT2D eigenvalue weighted by atomic mass is 9.98. The third kappa shape index (κ3) is 4.72. The van der Waals surface area contributed by atoms with Gasteiger partial charge in [0.05, 0.1) is 16.7 Å². The number of aliphatic imine (C=N–C) groups is 1. The topological polar surface area (TPSA) is 48.3 Å². The van der Waals surface area contributed by atoms with Crippen LogP contribution in [0.2, 0.25) is 0 Å². The molecule has 7 heteroatoms. The molecule has 34 heavy (non-hydrogen) atoms. The monoisotopic (exact) mass is 530 g/mol. The lowest BCUT2D eigenvalue weighted by Crippen LogP contribution is -2.23. The van der Waals surface area contributed by atoms with Crippen LogP contribution in [-0.4, -0.2) is 35.9 Å². The van der Waals surface area contributed by atoms with Crippen LogP contribution in [0.15, 0.2) is 98.3 Å². The molecule has 5 nitrogen and oxygen atoms in total. The Kier molecular flexibility index (Phi) is 6.39. The van der Waals surface area contributed by atoms with Crippen molar-refractivity contribution < 1.29 is 4.79 Å². The van der Waals surface area contributed by atoms with Crippen molar-refractivity contribution >= 4 is 56.2 Å². The van der Waals surface area contributed by atoms with Gasteiger partial charge in [0, 0.05) is 30.7 Å². The second-order valence-electron chi connectivity index (χ2n) is 8.33. The molecule has 3 aromatic rings. The van der Waals surface area contributed by atoms with Gasteiger partial charge in [-0.05, 0) is 58.8 Å². The number of amides is 1. The van der Waals surface area contributed by atoms with Crippen molar-refractivity contribution in [3.8, 4) is 0 Å². The molecule has 0 N–H and O–H groups in total. The quantitative estimate of drug-likeness (QED) is 0.369. The SMILES string of the molecule is CN(C)c1ccc(C2CC(c3ccccc3)=NN2C2=NC(=O)/C(=C/c3cccc(Br)c3)S2)cc1. The molecule has 0 bridgehead atoms. The van der Waals surface area contributed by atoms with E-state index in [0.29, 0.717) is 10.1 Å². The lowest BCUT2D eigenvalue weighted by Gasteiger charge is -2.23. The predicted molar refractivity (Wildman–Crippen MR) is 145 cm³/mol. The molecule has 1 amide bonds. The van der Waals surface area contributed by atoms with Crippen LogP contribution in [0.3, 0.4) is 0 Å². The van der Waals surface area contributed by atoms with Gasteiger partial charge in [-0.2, -0.15) is 10.1 Å². The molecule has 1 atom stereocenters. The largest absolute Gasteiger partial charge is 0.378 e. The molecule has 2 aliphatic heterocycles. The summed E-state index contributed by atoms with van der Waals surface area (Å²) in [6, 6.07) is 26.5. The van der Waals surface area contributed by atoms with Crippen molar-refractivity contribution in [2.45, 2.75) is 12.5 Å². The first kappa shape index (κ1) is 22.6. The summed E-state index contributed by atoms with van der Waals surface area (Å²) in [6.07, 6.45) is 2.62. The molecule has 2 heterocycles. The van der Waals surface area contributed by atoms with E-state index in [9.17, 15) is 4.79 Å². The Labute approximate surface area is 212 Å². The van der Waals surface area contributed by atoms with Crippen LogP contribution in [0.5, 0.6) is 0 Å². The number of halogens is 1. The number of carbonyl (C=O) groups is 1. The van der Waals surface area contributed by atoms with Gasteiger partial charge in [0.1, 0.15) is 0 Å². The zero-order valence-corrected chi connectivity index (χ0v) is 21.3. The zero-order chi connectivity index (χ0) is 23.7. The van der Waals surface area contributed by atoms with E-state index in [0.717, 1.165) is 39.0 Å². The second kappa shape index (κ2) is 9.60. The summed E-state index contributed by atoms with van der Waals surface area (Å²) in [5.41, 5.74) is 5.30. The van der Waals surface area contributed by atoms with E-state index in [1.54, 1.807) is 0 Å². The lowest BCUT2D eigenvalue weighted by molar-refractivity contribution is -0.113. The number of hydrogen-bond acceptors (Lipinski definition) is 5. The minimum Gasteiger partial charge on any atom is -0.378 e. The number of amidine groups is 1. The first-order valence-corrected chi connectivity index (χ1v) is 12.6. The fourth-order valence-corrected chi connectivity index (χ4v) is 5.32. The molecule has 0 radical (unpaired) electrons. The molecule has 2 aliphatic rings. The Morgan fingerprint density at radius 1 is 1.03 bits per heavy atom. The maximum Gasteiger partial charge on any atom is 0.286 e. The van der Waals surface area contributed by atoms with Crippen molar-refractivity contribution in [1.29, 1.82) is 0 Å². The molecule has 3 aromatic carbocycles. The minimum atomic E-state index is -0.231. The standard InChI is InChI=1S/C27H23BrN4OS/c1-31(2)22-13-11-20(12-14-22)24-17-23(19-8-4-3-5-9-19)30-32(24)27-29-26(33)25(34-27)16-18-7-6-10-21(28)15-18/h3-16,24H,17H2,1-2H3/b25-16-. The summed E-state index contributed by atoms with van der Waals surface area (Å²) in [5.74, 6) is -0.231. The molecule has 0 spiro atoms. The summed E-state index contributed by atoms with van der Waals surface area (Å²) in [7, 11) is 4.06. The Hall–Kier alpha value is -3.16. The number of hydrazone groups is 1. The Bertz CT molecular complexity index is 1320. The second-order valence-corrected chi connectivity index (χ2v) is 10.3. The van der Waals surface area contributed by atoms with E-state index in [4.69, 9.17) is 5.10 Å². The minimum absolute atomic E-state index is 0.0318. The van der Waals surface area contributed by atoms with E-state index in [-0.39, 0.29) is 11.9 Å². The van der Waals surface area contributed by atoms with Gasteiger partial charge >= 0.3 is 0 Å². The summed E-state index contributed by atoms with van der Waals surface area (Å²) < 4.78 is 0.969. The van der Waals surface area contributed by atoms with Gasteiger partial charge in [-0.15, -0.1) is 0 Å². The number of nitrogens with zero attached hydrogens (tertiary/aromatic N) is 4. The van der Waals surface area contributed by atoms with E-state index in [1.165, 1.54) is 11.8 Å². The van der Waals surface area contributed by atoms with Crippen LogP contribution < -0.4 is 4.90 Å². The first-order chi connectivity index (χ1) is 16.5. The van der Waals surface area contributed by atoms with Crippen molar-refractivity contribution in [2.75, 3.05) is 19.0 Å². The molecule has 0 aliphatic carbocycles. The predicted octanol–water partition coefficient (Wildman–Crippen LogP) is 6.34. The van der Waals surface area contributed by atoms with E-state index in [2.05, 4.69) is 62.2 Å². The number of benzene rings is 3. The average Bonchev–Trinajstić information content (AvgIpc) is 3.44. The highest BCUT2D eigenvalue weighted by Crippen LogP contribution is 2.40. The number of thioether (sulfide) groups is 1. The third-order valence-corrected chi connectivity index (χ3v) is 7.23. The van der Waals surface area contributed by atoms with Crippen LogP contribution in [0.25, 0.3) is 6.08 Å². The summed E-state index contributed by atoms with van der Waals surface area (Å²) in [6.45, 7) is 0. The summed E-state index contributed by atoms with van der Waals surface area (Å²) in [4.78, 5) is 19.8. The molecular weight excluding hydrogens is 508 g/mol. The van der Waals surface area contributed by atoms with Gasteiger partial charge in [0.15, 0.2) is 5.17 Å². The Morgan fingerprint density at radius 3 is 2.50 bits per heavy atom. The normalized spacial score (nSPS) is 18.9.